The van der Waals surface area contributed by atoms with Crippen LogP contribution in [-0.2, 0) is 10.3 Å². The summed E-state index contributed by atoms with van der Waals surface area (Å²) in [5.41, 5.74) is 2.37. The minimum Gasteiger partial charge on any atom is -0.497 e. The second-order valence-corrected chi connectivity index (χ2v) is 7.27. The first-order valence-corrected chi connectivity index (χ1v) is 9.55. The van der Waals surface area contributed by atoms with Crippen LogP contribution in [0.15, 0.2) is 52.9 Å². The van der Waals surface area contributed by atoms with Crippen molar-refractivity contribution < 1.29 is 18.7 Å². The lowest BCUT2D eigenvalue weighted by Crippen LogP contribution is -2.46. The summed E-state index contributed by atoms with van der Waals surface area (Å²) in [6, 6.07) is 15.9. The number of hydrogen-bond acceptors (Lipinski definition) is 4. The Hall–Kier alpha value is -2.79. The van der Waals surface area contributed by atoms with Gasteiger partial charge in [-0.15, -0.1) is 0 Å². The fraction of sp³-hybridized carbons (Fsp3) is 0.348. The minimum absolute atomic E-state index is 0.0644. The molecule has 1 aliphatic rings. The van der Waals surface area contributed by atoms with Crippen LogP contribution in [0.2, 0.25) is 0 Å². The van der Waals surface area contributed by atoms with Gasteiger partial charge in [0.15, 0.2) is 5.76 Å². The van der Waals surface area contributed by atoms with Crippen molar-refractivity contribution in [2.45, 2.75) is 25.4 Å². The molecule has 0 unspecified atom stereocenters. The monoisotopic (exact) mass is 379 g/mol. The smallest absolute Gasteiger partial charge is 0.289 e. The second-order valence-electron chi connectivity index (χ2n) is 7.27. The van der Waals surface area contributed by atoms with E-state index in [1.54, 1.807) is 14.2 Å². The number of furan rings is 1. The average molecular weight is 379 g/mol. The fourth-order valence-electron chi connectivity index (χ4n) is 4.10. The maximum atomic E-state index is 13.1. The molecule has 2 aromatic carbocycles. The highest BCUT2D eigenvalue weighted by Gasteiger charge is 2.38. The largest absolute Gasteiger partial charge is 0.497 e. The standard InChI is InChI=1S/C23H25NO4/c1-16-19-10-9-18(26-2)15-20(19)28-21(16)22(25)24-13-11-23(27-3,12-14-24)17-7-5-4-6-8-17/h4-10,15H,11-14H2,1-3H3. The van der Waals surface area contributed by atoms with Crippen LogP contribution in [0.1, 0.15) is 34.5 Å². The van der Waals surface area contributed by atoms with E-state index >= 15 is 0 Å². The zero-order chi connectivity index (χ0) is 19.7. The zero-order valence-electron chi connectivity index (χ0n) is 16.5. The van der Waals surface area contributed by atoms with Crippen molar-refractivity contribution in [3.05, 3.63) is 65.4 Å². The first-order chi connectivity index (χ1) is 13.6. The van der Waals surface area contributed by atoms with Crippen LogP contribution in [-0.4, -0.2) is 38.1 Å². The fourth-order valence-corrected chi connectivity index (χ4v) is 4.10. The Labute approximate surface area is 164 Å². The lowest BCUT2D eigenvalue weighted by Gasteiger charge is -2.41. The van der Waals surface area contributed by atoms with Crippen LogP contribution in [0.25, 0.3) is 11.0 Å². The van der Waals surface area contributed by atoms with E-state index in [1.165, 1.54) is 0 Å². The summed E-state index contributed by atoms with van der Waals surface area (Å²) < 4.78 is 17.1. The lowest BCUT2D eigenvalue weighted by atomic mass is 9.84. The summed E-state index contributed by atoms with van der Waals surface area (Å²) in [4.78, 5) is 15.0. The predicted molar refractivity (Wildman–Crippen MR) is 108 cm³/mol. The van der Waals surface area contributed by atoms with Gasteiger partial charge in [-0.05, 0) is 37.5 Å². The quantitative estimate of drug-likeness (QED) is 0.668. The Bertz CT molecular complexity index is 985. The third-order valence-electron chi connectivity index (χ3n) is 5.89. The highest BCUT2D eigenvalue weighted by atomic mass is 16.5. The number of likely N-dealkylation sites (tertiary alicyclic amines) is 1. The Morgan fingerprint density at radius 2 is 1.79 bits per heavy atom. The number of carbonyl (C=O) groups is 1. The maximum Gasteiger partial charge on any atom is 0.289 e. The van der Waals surface area contributed by atoms with Gasteiger partial charge in [0.2, 0.25) is 0 Å². The van der Waals surface area contributed by atoms with E-state index in [1.807, 2.05) is 48.2 Å². The molecule has 0 radical (unpaired) electrons. The molecule has 3 aromatic rings. The highest BCUT2D eigenvalue weighted by Crippen LogP contribution is 2.37. The van der Waals surface area contributed by atoms with E-state index in [9.17, 15) is 4.79 Å². The van der Waals surface area contributed by atoms with E-state index in [2.05, 4.69) is 12.1 Å². The normalized spacial score (nSPS) is 16.3. The van der Waals surface area contributed by atoms with Gasteiger partial charge in [-0.2, -0.15) is 0 Å². The molecule has 2 heterocycles. The first-order valence-electron chi connectivity index (χ1n) is 9.55. The van der Waals surface area contributed by atoms with E-state index in [-0.39, 0.29) is 11.5 Å². The summed E-state index contributed by atoms with van der Waals surface area (Å²) in [6.45, 7) is 3.18. The number of hydrogen-bond donors (Lipinski definition) is 0. The van der Waals surface area contributed by atoms with Crippen molar-refractivity contribution in [1.29, 1.82) is 0 Å². The van der Waals surface area contributed by atoms with Gasteiger partial charge in [-0.3, -0.25) is 4.79 Å². The molecule has 4 rings (SSSR count). The average Bonchev–Trinajstić information content (AvgIpc) is 3.09. The number of benzene rings is 2. The SMILES string of the molecule is COc1ccc2c(C)c(C(=O)N3CCC(OC)(c4ccccc4)CC3)oc2c1. The Morgan fingerprint density at radius 3 is 2.43 bits per heavy atom. The minimum atomic E-state index is -0.339. The molecule has 0 atom stereocenters. The van der Waals surface area contributed by atoms with Crippen molar-refractivity contribution in [3.63, 3.8) is 0 Å². The number of ether oxygens (including phenoxy) is 2. The van der Waals surface area contributed by atoms with Gasteiger partial charge in [0.25, 0.3) is 5.91 Å². The highest BCUT2D eigenvalue weighted by molar-refractivity contribution is 5.99. The summed E-state index contributed by atoms with van der Waals surface area (Å²) in [7, 11) is 3.37. The molecule has 5 nitrogen and oxygen atoms in total. The number of nitrogens with zero attached hydrogens (tertiary/aromatic N) is 1. The number of carbonyl (C=O) groups excluding carboxylic acids is 1. The molecule has 0 saturated carbocycles. The molecular formula is C23H25NO4. The van der Waals surface area contributed by atoms with E-state index in [0.29, 0.717) is 30.2 Å². The van der Waals surface area contributed by atoms with Gasteiger partial charge in [0, 0.05) is 37.2 Å². The number of amides is 1. The topological polar surface area (TPSA) is 51.9 Å². The zero-order valence-corrected chi connectivity index (χ0v) is 16.5. The molecule has 0 spiro atoms. The summed E-state index contributed by atoms with van der Waals surface area (Å²) in [5.74, 6) is 1.06. The predicted octanol–water partition coefficient (Wildman–Crippen LogP) is 4.53. The molecule has 5 heteroatoms. The van der Waals surface area contributed by atoms with Gasteiger partial charge >= 0.3 is 0 Å². The second kappa shape index (κ2) is 7.32. The van der Waals surface area contributed by atoms with Crippen LogP contribution in [0.5, 0.6) is 5.75 Å². The molecule has 0 aliphatic carbocycles. The van der Waals surface area contributed by atoms with Crippen molar-refractivity contribution in [3.8, 4) is 5.75 Å². The van der Waals surface area contributed by atoms with Gasteiger partial charge in [-0.25, -0.2) is 0 Å². The molecule has 0 N–H and O–H groups in total. The third-order valence-corrected chi connectivity index (χ3v) is 5.89. The third kappa shape index (κ3) is 3.06. The van der Waals surface area contributed by atoms with Gasteiger partial charge in [-0.1, -0.05) is 30.3 Å². The molecular weight excluding hydrogens is 354 g/mol. The van der Waals surface area contributed by atoms with Crippen molar-refractivity contribution in [2.75, 3.05) is 27.3 Å². The van der Waals surface area contributed by atoms with Crippen LogP contribution < -0.4 is 4.74 Å². The van der Waals surface area contributed by atoms with Crippen molar-refractivity contribution in [2.24, 2.45) is 0 Å². The Morgan fingerprint density at radius 1 is 1.07 bits per heavy atom. The molecule has 1 saturated heterocycles. The maximum absolute atomic E-state index is 13.1. The van der Waals surface area contributed by atoms with Gasteiger partial charge in [0.05, 0.1) is 12.7 Å². The molecule has 146 valence electrons. The molecule has 1 fully saturated rings. The lowest BCUT2D eigenvalue weighted by molar-refractivity contribution is -0.0577. The molecule has 28 heavy (non-hydrogen) atoms. The molecule has 1 amide bonds. The van der Waals surface area contributed by atoms with E-state index in [4.69, 9.17) is 13.9 Å². The number of aryl methyl sites for hydroxylation is 1. The summed E-state index contributed by atoms with van der Waals surface area (Å²) >= 11 is 0. The van der Waals surface area contributed by atoms with E-state index in [0.717, 1.165) is 29.4 Å². The number of fused-ring (bicyclic) bond motifs is 1. The van der Waals surface area contributed by atoms with Gasteiger partial charge < -0.3 is 18.8 Å². The van der Waals surface area contributed by atoms with E-state index < -0.39 is 0 Å². The molecule has 1 aromatic heterocycles. The molecule has 1 aliphatic heterocycles. The molecule has 0 bridgehead atoms. The van der Waals surface area contributed by atoms with Crippen molar-refractivity contribution in [1.82, 2.24) is 4.90 Å². The number of piperidine rings is 1. The van der Waals surface area contributed by atoms with Gasteiger partial charge in [0.1, 0.15) is 11.3 Å². The summed E-state index contributed by atoms with van der Waals surface area (Å²) in [6.07, 6.45) is 1.51. The van der Waals surface area contributed by atoms with Crippen molar-refractivity contribution >= 4 is 16.9 Å². The Kier molecular flexibility index (Phi) is 4.85. The van der Waals surface area contributed by atoms with Crippen LogP contribution in [0, 0.1) is 6.92 Å². The van der Waals surface area contributed by atoms with Crippen LogP contribution >= 0.6 is 0 Å². The number of methoxy groups -OCH3 is 2. The van der Waals surface area contributed by atoms with Crippen LogP contribution in [0.4, 0.5) is 0 Å². The van der Waals surface area contributed by atoms with Crippen LogP contribution in [0.3, 0.4) is 0 Å². The Balaban J connectivity index is 1.56. The summed E-state index contributed by atoms with van der Waals surface area (Å²) in [5, 5.41) is 0.941. The first kappa shape index (κ1) is 18.6. The number of rotatable bonds is 4.